The Morgan fingerprint density at radius 3 is 2.09 bits per heavy atom. The molecule has 0 aliphatic rings. The van der Waals surface area contributed by atoms with Gasteiger partial charge in [-0.25, -0.2) is 0 Å². The average Bonchev–Trinajstić information content (AvgIpc) is 2.95. The number of thiophene rings is 1. The van der Waals surface area contributed by atoms with Crippen molar-refractivity contribution in [3.05, 3.63) is 83.9 Å². The molecule has 0 bridgehead atoms. The lowest BCUT2D eigenvalue weighted by atomic mass is 9.98. The minimum Gasteiger partial charge on any atom is -0.135 e. The Labute approximate surface area is 141 Å². The zero-order valence-corrected chi connectivity index (χ0v) is 14.2. The fourth-order valence-corrected chi connectivity index (χ4v) is 4.22. The Kier molecular flexibility index (Phi) is 3.51. The van der Waals surface area contributed by atoms with Gasteiger partial charge in [-0.2, -0.15) is 0 Å². The summed E-state index contributed by atoms with van der Waals surface area (Å²) in [5.41, 5.74) is 6.56. The summed E-state index contributed by atoms with van der Waals surface area (Å²) < 4.78 is 1.35. The van der Waals surface area contributed by atoms with E-state index in [1.165, 1.54) is 42.8 Å². The maximum Gasteiger partial charge on any atom is 0.0433 e. The highest BCUT2D eigenvalue weighted by atomic mass is 32.1. The Bertz CT molecular complexity index is 960. The molecule has 1 heterocycles. The van der Waals surface area contributed by atoms with E-state index < -0.39 is 0 Å². The van der Waals surface area contributed by atoms with Crippen LogP contribution in [0.15, 0.2) is 72.8 Å². The monoisotopic (exact) mass is 314 g/mol. The molecule has 0 N–H and O–H groups in total. The molecule has 1 aromatic heterocycles. The van der Waals surface area contributed by atoms with E-state index in [-0.39, 0.29) is 0 Å². The van der Waals surface area contributed by atoms with E-state index in [1.54, 1.807) is 0 Å². The molecule has 1 heteroatoms. The predicted molar refractivity (Wildman–Crippen MR) is 102 cm³/mol. The molecular weight excluding hydrogens is 296 g/mol. The van der Waals surface area contributed by atoms with Crippen molar-refractivity contribution in [2.24, 2.45) is 0 Å². The quantitative estimate of drug-likeness (QED) is 0.379. The third-order valence-corrected chi connectivity index (χ3v) is 5.44. The molecule has 0 unspecified atom stereocenters. The fraction of sp³-hybridized carbons (Fsp3) is 0.0909. The molecule has 0 amide bonds. The van der Waals surface area contributed by atoms with Crippen LogP contribution in [0.1, 0.15) is 11.1 Å². The van der Waals surface area contributed by atoms with Crippen LogP contribution in [-0.4, -0.2) is 0 Å². The molecule has 4 rings (SSSR count). The number of fused-ring (bicyclic) bond motifs is 1. The van der Waals surface area contributed by atoms with Crippen molar-refractivity contribution >= 4 is 21.4 Å². The van der Waals surface area contributed by atoms with Crippen LogP contribution in [-0.2, 0) is 0 Å². The molecule has 0 atom stereocenters. The van der Waals surface area contributed by atoms with Gasteiger partial charge < -0.3 is 0 Å². The zero-order chi connectivity index (χ0) is 15.8. The predicted octanol–water partition coefficient (Wildman–Crippen LogP) is 6.85. The van der Waals surface area contributed by atoms with Crippen LogP contribution >= 0.6 is 11.3 Å². The first-order valence-corrected chi connectivity index (χ1v) is 8.69. The van der Waals surface area contributed by atoms with Gasteiger partial charge in [-0.15, -0.1) is 11.3 Å². The van der Waals surface area contributed by atoms with Crippen LogP contribution in [0.4, 0.5) is 0 Å². The van der Waals surface area contributed by atoms with Crippen LogP contribution in [0.25, 0.3) is 31.7 Å². The molecule has 0 fully saturated rings. The molecule has 3 aromatic carbocycles. The Balaban J connectivity index is 2.05. The van der Waals surface area contributed by atoms with Gasteiger partial charge in [0.05, 0.1) is 0 Å². The molecule has 23 heavy (non-hydrogen) atoms. The van der Waals surface area contributed by atoms with E-state index in [9.17, 15) is 0 Å². The van der Waals surface area contributed by atoms with Gasteiger partial charge in [0.2, 0.25) is 0 Å². The van der Waals surface area contributed by atoms with E-state index in [2.05, 4.69) is 86.6 Å². The van der Waals surface area contributed by atoms with Crippen LogP contribution < -0.4 is 0 Å². The second kappa shape index (κ2) is 5.68. The molecular formula is C22H18S. The van der Waals surface area contributed by atoms with Gasteiger partial charge in [0.15, 0.2) is 0 Å². The largest absolute Gasteiger partial charge is 0.135 e. The fourth-order valence-electron chi connectivity index (χ4n) is 3.01. The second-order valence-electron chi connectivity index (χ2n) is 6.04. The van der Waals surface area contributed by atoms with Gasteiger partial charge in [0.1, 0.15) is 0 Å². The van der Waals surface area contributed by atoms with Gasteiger partial charge in [0.25, 0.3) is 0 Å². The molecule has 0 saturated heterocycles. The van der Waals surface area contributed by atoms with E-state index in [0.717, 1.165) is 0 Å². The van der Waals surface area contributed by atoms with Crippen molar-refractivity contribution in [2.75, 3.05) is 0 Å². The zero-order valence-electron chi connectivity index (χ0n) is 13.3. The van der Waals surface area contributed by atoms with Gasteiger partial charge in [-0.1, -0.05) is 71.8 Å². The summed E-state index contributed by atoms with van der Waals surface area (Å²) in [5.74, 6) is 0. The summed E-state index contributed by atoms with van der Waals surface area (Å²) in [6.07, 6.45) is 0. The minimum absolute atomic E-state index is 1.29. The Morgan fingerprint density at radius 1 is 0.652 bits per heavy atom. The molecule has 0 saturated carbocycles. The first kappa shape index (κ1) is 14.2. The molecule has 0 radical (unpaired) electrons. The molecule has 0 nitrogen and oxygen atoms in total. The maximum atomic E-state index is 2.31. The van der Waals surface area contributed by atoms with Crippen molar-refractivity contribution in [2.45, 2.75) is 13.8 Å². The topological polar surface area (TPSA) is 0 Å². The summed E-state index contributed by atoms with van der Waals surface area (Å²) in [5, 5.41) is 1.36. The normalized spacial score (nSPS) is 11.0. The van der Waals surface area contributed by atoms with Crippen LogP contribution in [0, 0.1) is 13.8 Å². The molecule has 0 spiro atoms. The summed E-state index contributed by atoms with van der Waals surface area (Å²) in [4.78, 5) is 1.36. The van der Waals surface area contributed by atoms with Gasteiger partial charge in [-0.3, -0.25) is 0 Å². The highest BCUT2D eigenvalue weighted by Crippen LogP contribution is 2.44. The highest BCUT2D eigenvalue weighted by molar-refractivity contribution is 7.23. The first-order chi connectivity index (χ1) is 11.2. The van der Waals surface area contributed by atoms with E-state index in [1.807, 2.05) is 11.3 Å². The lowest BCUT2D eigenvalue weighted by Crippen LogP contribution is -1.81. The summed E-state index contributed by atoms with van der Waals surface area (Å²) in [7, 11) is 0. The van der Waals surface area contributed by atoms with Crippen molar-refractivity contribution in [3.8, 4) is 21.6 Å². The van der Waals surface area contributed by atoms with Crippen LogP contribution in [0.3, 0.4) is 0 Å². The molecule has 4 aromatic rings. The third-order valence-electron chi connectivity index (χ3n) is 4.22. The van der Waals surface area contributed by atoms with Gasteiger partial charge >= 0.3 is 0 Å². The smallest absolute Gasteiger partial charge is 0.0433 e. The van der Waals surface area contributed by atoms with E-state index in [0.29, 0.717) is 0 Å². The summed E-state index contributed by atoms with van der Waals surface area (Å²) >= 11 is 1.89. The van der Waals surface area contributed by atoms with Crippen molar-refractivity contribution in [1.29, 1.82) is 0 Å². The third kappa shape index (κ3) is 2.58. The number of hydrogen-bond acceptors (Lipinski definition) is 1. The molecule has 112 valence electrons. The number of rotatable bonds is 2. The van der Waals surface area contributed by atoms with Crippen molar-refractivity contribution in [3.63, 3.8) is 0 Å². The van der Waals surface area contributed by atoms with Crippen molar-refractivity contribution < 1.29 is 0 Å². The summed E-state index contributed by atoms with van der Waals surface area (Å²) in [6, 6.07) is 26.4. The molecule has 0 aliphatic carbocycles. The highest BCUT2D eigenvalue weighted by Gasteiger charge is 2.15. The maximum absolute atomic E-state index is 2.31. The lowest BCUT2D eigenvalue weighted by molar-refractivity contribution is 1.48. The van der Waals surface area contributed by atoms with Gasteiger partial charge in [0, 0.05) is 20.5 Å². The SMILES string of the molecule is Cc1ccc(-c2sc3ccc(C)cc3c2-c2ccccc2)cc1. The lowest BCUT2D eigenvalue weighted by Gasteiger charge is -2.06. The first-order valence-electron chi connectivity index (χ1n) is 7.88. The minimum atomic E-state index is 1.29. The van der Waals surface area contributed by atoms with Crippen LogP contribution in [0.2, 0.25) is 0 Å². The Hall–Kier alpha value is -2.38. The second-order valence-corrected chi connectivity index (χ2v) is 7.09. The van der Waals surface area contributed by atoms with Crippen molar-refractivity contribution in [1.82, 2.24) is 0 Å². The van der Waals surface area contributed by atoms with Crippen LogP contribution in [0.5, 0.6) is 0 Å². The molecule has 0 aliphatic heterocycles. The Morgan fingerprint density at radius 2 is 1.35 bits per heavy atom. The number of benzene rings is 3. The number of aryl methyl sites for hydroxylation is 2. The average molecular weight is 314 g/mol. The van der Waals surface area contributed by atoms with Gasteiger partial charge in [-0.05, 0) is 37.1 Å². The van der Waals surface area contributed by atoms with E-state index in [4.69, 9.17) is 0 Å². The standard InChI is InChI=1S/C22H18S/c1-15-8-11-18(12-9-15)22-21(17-6-4-3-5-7-17)19-14-16(2)10-13-20(19)23-22/h3-14H,1-2H3. The van der Waals surface area contributed by atoms with E-state index >= 15 is 0 Å². The number of hydrogen-bond donors (Lipinski definition) is 0. The summed E-state index contributed by atoms with van der Waals surface area (Å²) in [6.45, 7) is 4.30.